The van der Waals surface area contributed by atoms with E-state index in [1.54, 1.807) is 7.11 Å². The summed E-state index contributed by atoms with van der Waals surface area (Å²) in [7, 11) is 1.61. The molecule has 4 nitrogen and oxygen atoms in total. The summed E-state index contributed by atoms with van der Waals surface area (Å²) in [5, 5.41) is 0.926. The number of rotatable bonds is 4. The lowest BCUT2D eigenvalue weighted by Crippen LogP contribution is -2.13. The maximum Gasteiger partial charge on any atom is 0.251 e. The average Bonchev–Trinajstić information content (AvgIpc) is 2.37. The number of hydrogen-bond donors (Lipinski definition) is 1. The Labute approximate surface area is 111 Å². The molecule has 0 bridgehead atoms. The molecule has 0 unspecified atom stereocenters. The first-order chi connectivity index (χ1) is 9.01. The van der Waals surface area contributed by atoms with E-state index in [4.69, 9.17) is 4.74 Å². The second-order valence-corrected chi connectivity index (χ2v) is 4.73. The molecule has 0 aliphatic rings. The van der Waals surface area contributed by atoms with E-state index in [-0.39, 0.29) is 11.3 Å². The lowest BCUT2D eigenvalue weighted by molar-refractivity contribution is -0.116. The second kappa shape index (κ2) is 5.26. The molecule has 0 aliphatic carbocycles. The maximum atomic E-state index is 12.0. The molecule has 2 rings (SSSR count). The van der Waals surface area contributed by atoms with Crippen molar-refractivity contribution in [1.29, 1.82) is 0 Å². The van der Waals surface area contributed by atoms with Gasteiger partial charge in [-0.05, 0) is 44.0 Å². The van der Waals surface area contributed by atoms with Gasteiger partial charge in [0.25, 0.3) is 5.56 Å². The molecule has 1 aromatic heterocycles. The third-order valence-electron chi connectivity index (χ3n) is 3.18. The van der Waals surface area contributed by atoms with Crippen molar-refractivity contribution in [3.63, 3.8) is 0 Å². The number of methoxy groups -OCH3 is 1. The van der Waals surface area contributed by atoms with Crippen LogP contribution in [0.5, 0.6) is 5.75 Å². The van der Waals surface area contributed by atoms with Crippen molar-refractivity contribution >= 4 is 16.7 Å². The van der Waals surface area contributed by atoms with E-state index >= 15 is 0 Å². The van der Waals surface area contributed by atoms with E-state index in [0.717, 1.165) is 22.2 Å². The highest BCUT2D eigenvalue weighted by Crippen LogP contribution is 2.23. The van der Waals surface area contributed by atoms with Crippen molar-refractivity contribution in [2.75, 3.05) is 7.11 Å². The third kappa shape index (κ3) is 2.84. The predicted molar refractivity (Wildman–Crippen MR) is 74.9 cm³/mol. The molecule has 0 atom stereocenters. The Morgan fingerprint density at radius 1 is 1.32 bits per heavy atom. The van der Waals surface area contributed by atoms with Gasteiger partial charge >= 0.3 is 0 Å². The number of aryl methyl sites for hydroxylation is 2. The summed E-state index contributed by atoms with van der Waals surface area (Å²) in [6.45, 7) is 3.46. The quantitative estimate of drug-likeness (QED) is 0.917. The van der Waals surface area contributed by atoms with Gasteiger partial charge in [-0.3, -0.25) is 4.79 Å². The maximum absolute atomic E-state index is 12.0. The lowest BCUT2D eigenvalue weighted by atomic mass is 10.0. The van der Waals surface area contributed by atoms with Gasteiger partial charge < -0.3 is 14.5 Å². The summed E-state index contributed by atoms with van der Waals surface area (Å²) in [6.07, 6.45) is 0.856. The molecule has 1 aromatic carbocycles. The highest BCUT2D eigenvalue weighted by molar-refractivity contribution is 5.84. The van der Waals surface area contributed by atoms with Crippen LogP contribution in [-0.4, -0.2) is 17.9 Å². The normalized spacial score (nSPS) is 10.7. The second-order valence-electron chi connectivity index (χ2n) is 4.73. The minimum Gasteiger partial charge on any atom is -0.497 e. The number of ether oxygens (including phenoxy) is 1. The molecule has 1 heterocycles. The standard InChI is InChI=1S/C15H17NO3/c1-9-6-13(19-3)8-12-7-11(5-4-10(2)17)15(18)16-14(9)12/h6-8H,4-5H2,1-3H3,(H,16,18). The molecule has 0 fully saturated rings. The molecule has 0 aliphatic heterocycles. The Balaban J connectivity index is 2.53. The van der Waals surface area contributed by atoms with Crippen LogP contribution in [0.1, 0.15) is 24.5 Å². The molecular weight excluding hydrogens is 242 g/mol. The van der Waals surface area contributed by atoms with Crippen LogP contribution in [0.4, 0.5) is 0 Å². The Morgan fingerprint density at radius 3 is 2.68 bits per heavy atom. The van der Waals surface area contributed by atoms with Crippen LogP contribution in [0.15, 0.2) is 23.0 Å². The number of H-pyrrole nitrogens is 1. The van der Waals surface area contributed by atoms with Gasteiger partial charge in [0.2, 0.25) is 0 Å². The Bertz CT molecular complexity index is 686. The number of ketones is 1. The van der Waals surface area contributed by atoms with Crippen molar-refractivity contribution in [3.8, 4) is 5.75 Å². The molecule has 0 spiro atoms. The van der Waals surface area contributed by atoms with Crippen LogP contribution >= 0.6 is 0 Å². The molecule has 100 valence electrons. The predicted octanol–water partition coefficient (Wildman–Crippen LogP) is 2.37. The van der Waals surface area contributed by atoms with Gasteiger partial charge in [0, 0.05) is 17.4 Å². The van der Waals surface area contributed by atoms with Gasteiger partial charge in [0.1, 0.15) is 11.5 Å². The fourth-order valence-electron chi connectivity index (χ4n) is 2.13. The zero-order valence-electron chi connectivity index (χ0n) is 11.4. The topological polar surface area (TPSA) is 59.2 Å². The van der Waals surface area contributed by atoms with E-state index in [9.17, 15) is 9.59 Å². The van der Waals surface area contributed by atoms with Crippen molar-refractivity contribution < 1.29 is 9.53 Å². The zero-order chi connectivity index (χ0) is 14.0. The molecular formula is C15H17NO3. The summed E-state index contributed by atoms with van der Waals surface area (Å²) >= 11 is 0. The van der Waals surface area contributed by atoms with Crippen molar-refractivity contribution in [2.45, 2.75) is 26.7 Å². The number of nitrogens with one attached hydrogen (secondary N) is 1. The van der Waals surface area contributed by atoms with Gasteiger partial charge in [-0.2, -0.15) is 0 Å². The molecule has 4 heteroatoms. The molecule has 1 N–H and O–H groups in total. The van der Waals surface area contributed by atoms with E-state index in [2.05, 4.69) is 4.98 Å². The lowest BCUT2D eigenvalue weighted by Gasteiger charge is -2.08. The van der Waals surface area contributed by atoms with E-state index in [0.29, 0.717) is 18.4 Å². The van der Waals surface area contributed by atoms with Crippen LogP contribution in [-0.2, 0) is 11.2 Å². The van der Waals surface area contributed by atoms with Crippen LogP contribution < -0.4 is 10.3 Å². The van der Waals surface area contributed by atoms with Crippen LogP contribution in [0.2, 0.25) is 0 Å². The summed E-state index contributed by atoms with van der Waals surface area (Å²) in [5.41, 5.74) is 2.29. The number of aromatic amines is 1. The van der Waals surface area contributed by atoms with Crippen LogP contribution in [0, 0.1) is 6.92 Å². The summed E-state index contributed by atoms with van der Waals surface area (Å²) in [4.78, 5) is 25.8. The number of aromatic nitrogens is 1. The molecule has 0 amide bonds. The van der Waals surface area contributed by atoms with Crippen LogP contribution in [0.25, 0.3) is 10.9 Å². The fraction of sp³-hybridized carbons (Fsp3) is 0.333. The highest BCUT2D eigenvalue weighted by Gasteiger charge is 2.07. The zero-order valence-corrected chi connectivity index (χ0v) is 11.4. The number of Topliss-reactive ketones (excluding diaryl/α,β-unsaturated/α-hetero) is 1. The average molecular weight is 259 g/mol. The van der Waals surface area contributed by atoms with Crippen molar-refractivity contribution in [2.24, 2.45) is 0 Å². The van der Waals surface area contributed by atoms with Gasteiger partial charge in [-0.1, -0.05) is 0 Å². The van der Waals surface area contributed by atoms with E-state index in [1.165, 1.54) is 6.92 Å². The number of carbonyl (C=O) groups excluding carboxylic acids is 1. The molecule has 2 aromatic rings. The highest BCUT2D eigenvalue weighted by atomic mass is 16.5. The summed E-state index contributed by atoms with van der Waals surface area (Å²) in [6, 6.07) is 5.61. The minimum absolute atomic E-state index is 0.0846. The molecule has 19 heavy (non-hydrogen) atoms. The third-order valence-corrected chi connectivity index (χ3v) is 3.18. The number of hydrogen-bond acceptors (Lipinski definition) is 3. The van der Waals surface area contributed by atoms with Gasteiger partial charge in [0.05, 0.1) is 12.6 Å². The summed E-state index contributed by atoms with van der Waals surface area (Å²) in [5.74, 6) is 0.843. The first-order valence-electron chi connectivity index (χ1n) is 6.21. The van der Waals surface area contributed by atoms with Gasteiger partial charge in [0.15, 0.2) is 0 Å². The van der Waals surface area contributed by atoms with Gasteiger partial charge in [-0.15, -0.1) is 0 Å². The fourth-order valence-corrected chi connectivity index (χ4v) is 2.13. The number of benzene rings is 1. The Morgan fingerprint density at radius 2 is 2.05 bits per heavy atom. The molecule has 0 saturated carbocycles. The van der Waals surface area contributed by atoms with Gasteiger partial charge in [-0.25, -0.2) is 0 Å². The summed E-state index contributed by atoms with van der Waals surface area (Å²) < 4.78 is 5.23. The van der Waals surface area contributed by atoms with E-state index < -0.39 is 0 Å². The minimum atomic E-state index is -0.123. The van der Waals surface area contributed by atoms with E-state index in [1.807, 2.05) is 25.1 Å². The SMILES string of the molecule is COc1cc(C)c2[nH]c(=O)c(CCC(C)=O)cc2c1. The Kier molecular flexibility index (Phi) is 3.69. The number of fused-ring (bicyclic) bond motifs is 1. The Hall–Kier alpha value is -2.10. The first kappa shape index (κ1) is 13.3. The monoisotopic (exact) mass is 259 g/mol. The van der Waals surface area contributed by atoms with Crippen molar-refractivity contribution in [1.82, 2.24) is 4.98 Å². The van der Waals surface area contributed by atoms with Crippen molar-refractivity contribution in [3.05, 3.63) is 39.7 Å². The van der Waals surface area contributed by atoms with Crippen LogP contribution in [0.3, 0.4) is 0 Å². The first-order valence-corrected chi connectivity index (χ1v) is 6.21. The molecule has 0 saturated heterocycles. The smallest absolute Gasteiger partial charge is 0.251 e. The largest absolute Gasteiger partial charge is 0.497 e. The number of carbonyl (C=O) groups is 1. The molecule has 0 radical (unpaired) electrons. The number of pyridine rings is 1.